The minimum Gasteiger partial charge on any atom is -0.383 e. The molecule has 2 aromatic rings. The Morgan fingerprint density at radius 2 is 1.68 bits per heavy atom. The zero-order valence-corrected chi connectivity index (χ0v) is 20.5. The van der Waals surface area contributed by atoms with E-state index in [1.807, 2.05) is 24.3 Å². The van der Waals surface area contributed by atoms with E-state index in [0.29, 0.717) is 50.5 Å². The number of Topliss-reactive ketones (excluding diaryl/α,β-unsaturated/α-hetero) is 1. The van der Waals surface area contributed by atoms with E-state index < -0.39 is 17.8 Å². The van der Waals surface area contributed by atoms with E-state index in [2.05, 4.69) is 4.90 Å². The molecule has 0 aliphatic carbocycles. The maximum atomic E-state index is 14.7. The van der Waals surface area contributed by atoms with Gasteiger partial charge in [0.05, 0.1) is 19.1 Å². The first kappa shape index (κ1) is 26.0. The topological polar surface area (TPSA) is 59.1 Å². The number of nitrogens with zero attached hydrogens (tertiary/aromatic N) is 2. The quantitative estimate of drug-likeness (QED) is 0.498. The van der Waals surface area contributed by atoms with Crippen LogP contribution in [0.1, 0.15) is 27.4 Å². The van der Waals surface area contributed by atoms with Crippen LogP contribution in [0.25, 0.3) is 0 Å². The molecule has 0 N–H and O–H groups in total. The monoisotopic (exact) mass is 470 g/mol. The third-order valence-electron chi connectivity index (χ3n) is 6.78. The van der Waals surface area contributed by atoms with Crippen LogP contribution in [0.2, 0.25) is 0 Å². The van der Waals surface area contributed by atoms with Gasteiger partial charge in [-0.3, -0.25) is 14.5 Å². The number of amides is 1. The summed E-state index contributed by atoms with van der Waals surface area (Å²) in [6.45, 7) is 4.63. The number of hydrogen-bond acceptors (Lipinski definition) is 5. The van der Waals surface area contributed by atoms with Gasteiger partial charge in [-0.1, -0.05) is 42.5 Å². The third kappa shape index (κ3) is 5.90. The molecule has 3 rings (SSSR count). The molecule has 0 aromatic heterocycles. The van der Waals surface area contributed by atoms with E-state index in [4.69, 9.17) is 9.47 Å². The molecule has 6 nitrogen and oxygen atoms in total. The molecular formula is C27H35FN2O4. The number of halogens is 1. The fraction of sp³-hybridized carbons (Fsp3) is 0.481. The number of rotatable bonds is 10. The Morgan fingerprint density at radius 1 is 1.00 bits per heavy atom. The number of ether oxygens (including phenoxy) is 2. The minimum atomic E-state index is -0.509. The van der Waals surface area contributed by atoms with Crippen molar-refractivity contribution in [2.45, 2.75) is 12.8 Å². The second-order valence-electron chi connectivity index (χ2n) is 8.93. The van der Waals surface area contributed by atoms with Crippen LogP contribution in [0, 0.1) is 24.6 Å². The van der Waals surface area contributed by atoms with Gasteiger partial charge in [0.1, 0.15) is 5.82 Å². The van der Waals surface area contributed by atoms with Crippen LogP contribution < -0.4 is 0 Å². The Morgan fingerprint density at radius 3 is 2.35 bits per heavy atom. The lowest BCUT2D eigenvalue weighted by Gasteiger charge is -2.44. The van der Waals surface area contributed by atoms with Gasteiger partial charge in [-0.05, 0) is 24.1 Å². The summed E-state index contributed by atoms with van der Waals surface area (Å²) < 4.78 is 25.1. The second kappa shape index (κ2) is 12.2. The van der Waals surface area contributed by atoms with Gasteiger partial charge < -0.3 is 14.4 Å². The minimum absolute atomic E-state index is 0.0336. The molecule has 0 saturated carbocycles. The number of likely N-dealkylation sites (tertiary alicyclic amines) is 1. The molecule has 0 bridgehead atoms. The van der Waals surface area contributed by atoms with Crippen molar-refractivity contribution in [1.29, 1.82) is 0 Å². The highest BCUT2D eigenvalue weighted by Crippen LogP contribution is 2.41. The third-order valence-corrected chi connectivity index (χ3v) is 6.78. The predicted octanol–water partition coefficient (Wildman–Crippen LogP) is 3.40. The van der Waals surface area contributed by atoms with Crippen LogP contribution in [0.4, 0.5) is 4.39 Å². The number of benzene rings is 2. The smallest absolute Gasteiger partial charge is 0.227 e. The molecule has 1 fully saturated rings. The molecule has 1 saturated heterocycles. The standard InChI is InChI=1S/C27H35FN2O4/c1-19-21(11-8-12-24(19)28)25-22(26(31)20-9-6-5-7-10-20)17-30(14-16-34-4)18-23(25)27(32)29(2)13-15-33-3/h5-12,22-23,25H,13-18H2,1-4H3/t22-,23+,25+/m0/s1. The normalized spacial score (nSPS) is 20.8. The lowest BCUT2D eigenvalue weighted by molar-refractivity contribution is -0.138. The average molecular weight is 471 g/mol. The Balaban J connectivity index is 2.08. The zero-order valence-electron chi connectivity index (χ0n) is 20.5. The summed E-state index contributed by atoms with van der Waals surface area (Å²) in [5.74, 6) is -1.89. The summed E-state index contributed by atoms with van der Waals surface area (Å²) in [5.41, 5.74) is 1.80. The first-order chi connectivity index (χ1) is 16.4. The molecule has 7 heteroatoms. The van der Waals surface area contributed by atoms with Crippen molar-refractivity contribution in [2.24, 2.45) is 11.8 Å². The Hall–Kier alpha value is -2.61. The first-order valence-electron chi connectivity index (χ1n) is 11.7. The van der Waals surface area contributed by atoms with Crippen molar-refractivity contribution in [2.75, 3.05) is 60.7 Å². The summed E-state index contributed by atoms with van der Waals surface area (Å²) in [6, 6.07) is 14.1. The van der Waals surface area contributed by atoms with E-state index >= 15 is 0 Å². The highest BCUT2D eigenvalue weighted by atomic mass is 19.1. The van der Waals surface area contributed by atoms with Gasteiger partial charge in [-0.2, -0.15) is 0 Å². The molecule has 184 valence electrons. The molecule has 0 spiro atoms. The molecule has 0 radical (unpaired) electrons. The first-order valence-corrected chi connectivity index (χ1v) is 11.7. The molecule has 3 atom stereocenters. The van der Waals surface area contributed by atoms with Gasteiger partial charge in [0, 0.05) is 64.8 Å². The summed E-state index contributed by atoms with van der Waals surface area (Å²) in [4.78, 5) is 31.3. The van der Waals surface area contributed by atoms with Crippen molar-refractivity contribution >= 4 is 11.7 Å². The maximum Gasteiger partial charge on any atom is 0.227 e. The molecule has 0 unspecified atom stereocenters. The largest absolute Gasteiger partial charge is 0.383 e. The summed E-state index contributed by atoms with van der Waals surface area (Å²) >= 11 is 0. The van der Waals surface area contributed by atoms with Crippen LogP contribution in [0.15, 0.2) is 48.5 Å². The van der Waals surface area contributed by atoms with Crippen LogP contribution >= 0.6 is 0 Å². The van der Waals surface area contributed by atoms with Gasteiger partial charge in [-0.25, -0.2) is 4.39 Å². The number of methoxy groups -OCH3 is 2. The Bertz CT molecular complexity index is 968. The number of likely N-dealkylation sites (N-methyl/N-ethyl adjacent to an activating group) is 1. The molecule has 34 heavy (non-hydrogen) atoms. The van der Waals surface area contributed by atoms with Crippen molar-refractivity contribution < 1.29 is 23.5 Å². The number of carbonyl (C=O) groups excluding carboxylic acids is 2. The molecule has 1 amide bonds. The highest BCUT2D eigenvalue weighted by Gasteiger charge is 2.46. The molecule has 1 aliphatic heterocycles. The van der Waals surface area contributed by atoms with Gasteiger partial charge in [0.2, 0.25) is 5.91 Å². The van der Waals surface area contributed by atoms with E-state index in [-0.39, 0.29) is 17.5 Å². The van der Waals surface area contributed by atoms with E-state index in [1.54, 1.807) is 51.3 Å². The van der Waals surface area contributed by atoms with Gasteiger partial charge in [0.15, 0.2) is 5.78 Å². The van der Waals surface area contributed by atoms with Crippen LogP contribution in [-0.4, -0.2) is 82.2 Å². The van der Waals surface area contributed by atoms with E-state index in [9.17, 15) is 14.0 Å². The van der Waals surface area contributed by atoms with Crippen molar-refractivity contribution in [1.82, 2.24) is 9.80 Å². The van der Waals surface area contributed by atoms with Gasteiger partial charge >= 0.3 is 0 Å². The number of piperidine rings is 1. The molecular weight excluding hydrogens is 435 g/mol. The molecule has 2 aromatic carbocycles. The van der Waals surface area contributed by atoms with Crippen molar-refractivity contribution in [3.8, 4) is 0 Å². The molecule has 1 aliphatic rings. The Kier molecular flexibility index (Phi) is 9.33. The van der Waals surface area contributed by atoms with Crippen molar-refractivity contribution in [3.05, 3.63) is 71.0 Å². The van der Waals surface area contributed by atoms with E-state index in [1.165, 1.54) is 6.07 Å². The highest BCUT2D eigenvalue weighted by molar-refractivity contribution is 5.99. The summed E-state index contributed by atoms with van der Waals surface area (Å²) in [7, 11) is 4.98. The molecule has 1 heterocycles. The van der Waals surface area contributed by atoms with Crippen molar-refractivity contribution in [3.63, 3.8) is 0 Å². The number of hydrogen-bond donors (Lipinski definition) is 0. The average Bonchev–Trinajstić information content (AvgIpc) is 2.86. The van der Waals surface area contributed by atoms with Crippen LogP contribution in [0.3, 0.4) is 0 Å². The second-order valence-corrected chi connectivity index (χ2v) is 8.93. The fourth-order valence-electron chi connectivity index (χ4n) is 4.88. The number of carbonyl (C=O) groups is 2. The lowest BCUT2D eigenvalue weighted by Crippen LogP contribution is -2.53. The van der Waals surface area contributed by atoms with Gasteiger partial charge in [0.25, 0.3) is 0 Å². The number of ketones is 1. The Labute approximate surface area is 201 Å². The summed E-state index contributed by atoms with van der Waals surface area (Å²) in [5, 5.41) is 0. The van der Waals surface area contributed by atoms with Crippen LogP contribution in [0.5, 0.6) is 0 Å². The maximum absolute atomic E-state index is 14.7. The van der Waals surface area contributed by atoms with E-state index in [0.717, 1.165) is 5.56 Å². The van der Waals surface area contributed by atoms with Gasteiger partial charge in [-0.15, -0.1) is 0 Å². The summed E-state index contributed by atoms with van der Waals surface area (Å²) in [6.07, 6.45) is 0. The fourth-order valence-corrected chi connectivity index (χ4v) is 4.88. The zero-order chi connectivity index (χ0) is 24.7. The predicted molar refractivity (Wildman–Crippen MR) is 129 cm³/mol. The lowest BCUT2D eigenvalue weighted by atomic mass is 9.69. The van der Waals surface area contributed by atoms with Crippen LogP contribution in [-0.2, 0) is 14.3 Å². The SMILES string of the molecule is COCCN1C[C@H](C(=O)c2ccccc2)[C@@H](c2cccc(F)c2C)[C@H](C(=O)N(C)CCOC)C1.